The third kappa shape index (κ3) is 2.75. The summed E-state index contributed by atoms with van der Waals surface area (Å²) < 4.78 is 1.79. The van der Waals surface area contributed by atoms with E-state index in [2.05, 4.69) is 34.2 Å². The second kappa shape index (κ2) is 5.56. The van der Waals surface area contributed by atoms with Gasteiger partial charge in [-0.1, -0.05) is 13.8 Å². The largest absolute Gasteiger partial charge is 0.372 e. The number of aromatic nitrogens is 4. The van der Waals surface area contributed by atoms with Gasteiger partial charge in [0.2, 0.25) is 0 Å². The molecule has 0 aliphatic carbocycles. The van der Waals surface area contributed by atoms with Crippen LogP contribution in [0.3, 0.4) is 0 Å². The van der Waals surface area contributed by atoms with Crippen LogP contribution in [0.25, 0.3) is 11.0 Å². The van der Waals surface area contributed by atoms with Gasteiger partial charge in [-0.2, -0.15) is 16.9 Å². The fourth-order valence-corrected chi connectivity index (χ4v) is 2.61. The van der Waals surface area contributed by atoms with Gasteiger partial charge in [-0.15, -0.1) is 0 Å². The summed E-state index contributed by atoms with van der Waals surface area (Å²) in [6.45, 7) is 4.44. The van der Waals surface area contributed by atoms with E-state index in [1.54, 1.807) is 10.9 Å². The maximum atomic E-state index is 4.57. The highest BCUT2D eigenvalue weighted by Crippen LogP contribution is 2.21. The van der Waals surface area contributed by atoms with Crippen LogP contribution in [0.5, 0.6) is 0 Å². The molecule has 98 valence electrons. The fourth-order valence-electron chi connectivity index (χ4n) is 1.71. The molecule has 0 fully saturated rings. The maximum absolute atomic E-state index is 4.57. The monoisotopic (exact) mass is 265 g/mol. The van der Waals surface area contributed by atoms with Crippen LogP contribution in [0.2, 0.25) is 0 Å². The number of thioether (sulfide) groups is 1. The molecule has 5 nitrogen and oxygen atoms in total. The van der Waals surface area contributed by atoms with Crippen molar-refractivity contribution in [2.24, 2.45) is 13.0 Å². The average Bonchev–Trinajstić information content (AvgIpc) is 2.70. The Morgan fingerprint density at radius 1 is 1.39 bits per heavy atom. The summed E-state index contributed by atoms with van der Waals surface area (Å²) in [6, 6.07) is 0. The van der Waals surface area contributed by atoms with Gasteiger partial charge in [0.15, 0.2) is 5.65 Å². The smallest absolute Gasteiger partial charge is 0.163 e. The fraction of sp³-hybridized carbons (Fsp3) is 0.583. The lowest BCUT2D eigenvalue weighted by Crippen LogP contribution is -2.03. The molecule has 0 aliphatic heterocycles. The zero-order valence-corrected chi connectivity index (χ0v) is 12.1. The molecule has 18 heavy (non-hydrogen) atoms. The Hall–Kier alpha value is -1.30. The van der Waals surface area contributed by atoms with Gasteiger partial charge in [-0.05, 0) is 11.7 Å². The quantitative estimate of drug-likeness (QED) is 0.899. The molecule has 0 atom stereocenters. The Labute approximate surface area is 111 Å². The number of fused-ring (bicyclic) bond motifs is 1. The van der Waals surface area contributed by atoms with Crippen molar-refractivity contribution in [1.82, 2.24) is 19.7 Å². The molecule has 2 aromatic heterocycles. The minimum Gasteiger partial charge on any atom is -0.372 e. The number of rotatable bonds is 5. The number of hydrogen-bond donors (Lipinski definition) is 1. The third-order valence-electron chi connectivity index (χ3n) is 2.56. The molecule has 0 amide bonds. The van der Waals surface area contributed by atoms with Gasteiger partial charge in [0, 0.05) is 14.1 Å². The van der Waals surface area contributed by atoms with Crippen LogP contribution in [0.1, 0.15) is 19.7 Å². The zero-order chi connectivity index (χ0) is 13.1. The van der Waals surface area contributed by atoms with Crippen molar-refractivity contribution < 1.29 is 0 Å². The number of aryl methyl sites for hydroxylation is 1. The van der Waals surface area contributed by atoms with Crippen molar-refractivity contribution in [1.29, 1.82) is 0 Å². The number of nitrogens with zero attached hydrogens (tertiary/aromatic N) is 4. The third-order valence-corrected chi connectivity index (χ3v) is 3.92. The molecule has 2 heterocycles. The number of hydrogen-bond acceptors (Lipinski definition) is 5. The van der Waals surface area contributed by atoms with E-state index in [0.29, 0.717) is 5.92 Å². The van der Waals surface area contributed by atoms with E-state index in [1.165, 1.54) is 0 Å². The maximum Gasteiger partial charge on any atom is 0.163 e. The topological polar surface area (TPSA) is 55.6 Å². The van der Waals surface area contributed by atoms with Gasteiger partial charge >= 0.3 is 0 Å². The van der Waals surface area contributed by atoms with Crippen LogP contribution in [-0.2, 0) is 12.8 Å². The van der Waals surface area contributed by atoms with Crippen LogP contribution < -0.4 is 5.32 Å². The Kier molecular flexibility index (Phi) is 4.06. The molecule has 0 saturated heterocycles. The second-order valence-electron chi connectivity index (χ2n) is 4.65. The number of anilines is 1. The van der Waals surface area contributed by atoms with Gasteiger partial charge in [0.25, 0.3) is 0 Å². The van der Waals surface area contributed by atoms with Gasteiger partial charge in [0.1, 0.15) is 11.6 Å². The first-order valence-corrected chi connectivity index (χ1v) is 7.21. The molecule has 0 spiro atoms. The lowest BCUT2D eigenvalue weighted by molar-refractivity contribution is 0.749. The summed E-state index contributed by atoms with van der Waals surface area (Å²) in [5.41, 5.74) is 0.884. The van der Waals surface area contributed by atoms with Crippen LogP contribution in [0.15, 0.2) is 6.20 Å². The molecule has 0 aliphatic rings. The lowest BCUT2D eigenvalue weighted by Gasteiger charge is -2.07. The number of nitrogens with one attached hydrogen (secondary N) is 1. The summed E-state index contributed by atoms with van der Waals surface area (Å²) >= 11 is 1.87. The molecule has 2 rings (SSSR count). The summed E-state index contributed by atoms with van der Waals surface area (Å²) in [5.74, 6) is 4.38. The van der Waals surface area contributed by atoms with Crippen molar-refractivity contribution in [3.8, 4) is 0 Å². The van der Waals surface area contributed by atoms with E-state index in [-0.39, 0.29) is 0 Å². The minimum atomic E-state index is 0.694. The van der Waals surface area contributed by atoms with Crippen LogP contribution in [0.4, 0.5) is 5.82 Å². The van der Waals surface area contributed by atoms with E-state index in [9.17, 15) is 0 Å². The first-order valence-electron chi connectivity index (χ1n) is 6.06. The highest BCUT2D eigenvalue weighted by molar-refractivity contribution is 7.98. The van der Waals surface area contributed by atoms with Gasteiger partial charge in [-0.3, -0.25) is 4.68 Å². The molecule has 1 N–H and O–H groups in total. The molecule has 0 saturated carbocycles. The van der Waals surface area contributed by atoms with Crippen molar-refractivity contribution >= 4 is 28.6 Å². The van der Waals surface area contributed by atoms with Crippen LogP contribution in [0, 0.1) is 5.92 Å². The zero-order valence-electron chi connectivity index (χ0n) is 11.3. The Balaban J connectivity index is 2.25. The normalized spacial score (nSPS) is 11.4. The summed E-state index contributed by atoms with van der Waals surface area (Å²) in [4.78, 5) is 9.10. The van der Waals surface area contributed by atoms with E-state index < -0.39 is 0 Å². The Morgan fingerprint density at radius 3 is 2.83 bits per heavy atom. The van der Waals surface area contributed by atoms with E-state index in [1.807, 2.05) is 25.9 Å². The standard InChI is InChI=1S/C12H19N5S/c1-8(2)6-18-7-10-15-11(13-3)9-5-14-17(4)12(9)16-10/h5,8H,6-7H2,1-4H3,(H,13,15,16). The van der Waals surface area contributed by atoms with Crippen molar-refractivity contribution in [2.75, 3.05) is 18.1 Å². The predicted octanol–water partition coefficient (Wildman–Crippen LogP) is 2.29. The SMILES string of the molecule is CNc1nc(CSCC(C)C)nc2c1cnn2C. The predicted molar refractivity (Wildman–Crippen MR) is 76.9 cm³/mol. The molecule has 2 aromatic rings. The minimum absolute atomic E-state index is 0.694. The first kappa shape index (κ1) is 13.1. The average molecular weight is 265 g/mol. The van der Waals surface area contributed by atoms with E-state index in [0.717, 1.165) is 34.2 Å². The molecule has 0 bridgehead atoms. The molecule has 0 unspecified atom stereocenters. The Bertz CT molecular complexity index is 534. The van der Waals surface area contributed by atoms with Crippen molar-refractivity contribution in [3.63, 3.8) is 0 Å². The van der Waals surface area contributed by atoms with Gasteiger partial charge < -0.3 is 5.32 Å². The second-order valence-corrected chi connectivity index (χ2v) is 5.68. The molecular weight excluding hydrogens is 246 g/mol. The van der Waals surface area contributed by atoms with Crippen LogP contribution >= 0.6 is 11.8 Å². The summed E-state index contributed by atoms with van der Waals surface area (Å²) in [6.07, 6.45) is 1.80. The summed E-state index contributed by atoms with van der Waals surface area (Å²) in [5, 5.41) is 8.30. The Morgan fingerprint density at radius 2 is 2.17 bits per heavy atom. The first-order chi connectivity index (χ1) is 8.61. The van der Waals surface area contributed by atoms with Gasteiger partial charge in [-0.25, -0.2) is 9.97 Å². The van der Waals surface area contributed by atoms with E-state index in [4.69, 9.17) is 0 Å². The molecular formula is C12H19N5S. The van der Waals surface area contributed by atoms with Crippen LogP contribution in [-0.4, -0.2) is 32.5 Å². The molecule has 6 heteroatoms. The lowest BCUT2D eigenvalue weighted by atomic mass is 10.3. The highest BCUT2D eigenvalue weighted by atomic mass is 32.2. The van der Waals surface area contributed by atoms with Crippen molar-refractivity contribution in [2.45, 2.75) is 19.6 Å². The highest BCUT2D eigenvalue weighted by Gasteiger charge is 2.10. The molecule has 0 aromatic carbocycles. The van der Waals surface area contributed by atoms with Gasteiger partial charge in [0.05, 0.1) is 17.3 Å². The van der Waals surface area contributed by atoms with Crippen molar-refractivity contribution in [3.05, 3.63) is 12.0 Å². The molecule has 0 radical (unpaired) electrons. The summed E-state index contributed by atoms with van der Waals surface area (Å²) in [7, 11) is 3.78. The van der Waals surface area contributed by atoms with E-state index >= 15 is 0 Å².